The Kier molecular flexibility index (Phi) is 8.56. The van der Waals surface area contributed by atoms with Gasteiger partial charge in [0, 0.05) is 33.1 Å². The number of hydrogen-bond acceptors (Lipinski definition) is 0. The molecule has 12 aromatic rings. The molecular weight excluding hydrogens is 797 g/mol. The molecule has 1 aliphatic carbocycles. The zero-order valence-corrected chi connectivity index (χ0v) is 36.2. The molecule has 0 bridgehead atoms. The van der Waals surface area contributed by atoms with Crippen LogP contribution in [-0.4, -0.2) is 9.13 Å². The van der Waals surface area contributed by atoms with Crippen LogP contribution in [0.5, 0.6) is 0 Å². The Balaban J connectivity index is 1.01. The maximum atomic E-state index is 4.31. The van der Waals surface area contributed by atoms with Crippen LogP contribution in [0.2, 0.25) is 0 Å². The molecule has 0 radical (unpaired) electrons. The molecule has 0 fully saturated rings. The maximum Gasteiger partial charge on any atom is 0.0553 e. The molecule has 0 aliphatic heterocycles. The first-order valence-corrected chi connectivity index (χ1v) is 22.6. The SMILES string of the molecule is C=Cc1c(C=C)n(-c2cccc(-c3ccccc3)c2)c2ccc(-c3ccc4c(c3)c3c5cccc6c5c(cc3n4-c3cccc(-c4cccc(-c5ccccc5)c4)c3)-c3ccccc3-6)cc12. The molecule has 0 saturated heterocycles. The van der Waals surface area contributed by atoms with Gasteiger partial charge < -0.3 is 9.13 Å². The second-order valence-corrected chi connectivity index (χ2v) is 17.3. The first-order valence-electron chi connectivity index (χ1n) is 22.6. The summed E-state index contributed by atoms with van der Waals surface area (Å²) in [6.07, 6.45) is 3.94. The van der Waals surface area contributed by atoms with Gasteiger partial charge in [-0.15, -0.1) is 0 Å². The van der Waals surface area contributed by atoms with Crippen LogP contribution in [0, 0.1) is 0 Å². The zero-order valence-electron chi connectivity index (χ0n) is 36.2. The topological polar surface area (TPSA) is 9.86 Å². The molecule has 0 spiro atoms. The Hall–Kier alpha value is -8.72. The summed E-state index contributed by atoms with van der Waals surface area (Å²) in [5.41, 5.74) is 22.4. The fourth-order valence-corrected chi connectivity index (χ4v) is 10.8. The van der Waals surface area contributed by atoms with Crippen LogP contribution in [0.4, 0.5) is 0 Å². The van der Waals surface area contributed by atoms with Crippen molar-refractivity contribution in [2.75, 3.05) is 0 Å². The summed E-state index contributed by atoms with van der Waals surface area (Å²) in [5, 5.41) is 6.24. The van der Waals surface area contributed by atoms with Crippen LogP contribution in [0.1, 0.15) is 11.3 Å². The molecule has 0 amide bonds. The standard InChI is InChI=1S/C64H42N2/c1-3-51-56-38-47(31-33-60(56)65(59(51)4-2)49-25-14-23-45(36-49)42-19-9-6-10-20-42)48-32-34-61-58(39-48)64-55-30-16-29-54-52-27-11-12-28-53(52)57(63(54)55)40-62(64)66(61)50-26-15-24-46(37-50)44-22-13-21-43(35-44)41-17-7-5-8-18-41/h3-40H,1-2H2. The van der Waals surface area contributed by atoms with Gasteiger partial charge >= 0.3 is 0 Å². The number of aromatic nitrogens is 2. The van der Waals surface area contributed by atoms with Crippen molar-refractivity contribution in [3.05, 3.63) is 243 Å². The highest BCUT2D eigenvalue weighted by molar-refractivity contribution is 6.29. The van der Waals surface area contributed by atoms with Gasteiger partial charge in [0.15, 0.2) is 0 Å². The van der Waals surface area contributed by atoms with Crippen LogP contribution in [0.3, 0.4) is 0 Å². The van der Waals surface area contributed by atoms with Crippen molar-refractivity contribution in [3.8, 4) is 78.1 Å². The first-order chi connectivity index (χ1) is 32.6. The Labute approximate surface area is 383 Å². The number of hydrogen-bond donors (Lipinski definition) is 0. The van der Waals surface area contributed by atoms with Crippen LogP contribution in [-0.2, 0) is 0 Å². The molecule has 2 nitrogen and oxygen atoms in total. The van der Waals surface area contributed by atoms with E-state index in [0.717, 1.165) is 44.7 Å². The molecule has 2 heteroatoms. The maximum absolute atomic E-state index is 4.31. The predicted octanol–water partition coefficient (Wildman–Crippen LogP) is 17.5. The molecule has 10 aromatic carbocycles. The lowest BCUT2D eigenvalue weighted by atomic mass is 9.96. The van der Waals surface area contributed by atoms with Crippen LogP contribution in [0.15, 0.2) is 232 Å². The summed E-state index contributed by atoms with van der Waals surface area (Å²) in [7, 11) is 0. The molecule has 0 N–H and O–H groups in total. The summed E-state index contributed by atoms with van der Waals surface area (Å²) >= 11 is 0. The van der Waals surface area contributed by atoms with Gasteiger partial charge in [-0.3, -0.25) is 0 Å². The van der Waals surface area contributed by atoms with Crippen molar-refractivity contribution >= 4 is 55.6 Å². The number of fused-ring (bicyclic) bond motifs is 8. The van der Waals surface area contributed by atoms with Gasteiger partial charge in [0.25, 0.3) is 0 Å². The van der Waals surface area contributed by atoms with E-state index < -0.39 is 0 Å². The average Bonchev–Trinajstić information content (AvgIpc) is 4.02. The van der Waals surface area contributed by atoms with Gasteiger partial charge in [-0.1, -0.05) is 177 Å². The van der Waals surface area contributed by atoms with Crippen LogP contribution < -0.4 is 0 Å². The smallest absolute Gasteiger partial charge is 0.0553 e. The van der Waals surface area contributed by atoms with Crippen molar-refractivity contribution in [2.45, 2.75) is 0 Å². The Morgan fingerprint density at radius 2 is 0.773 bits per heavy atom. The number of nitrogens with zero attached hydrogens (tertiary/aromatic N) is 2. The quantitative estimate of drug-likeness (QED) is 0.144. The third-order valence-corrected chi connectivity index (χ3v) is 13.8. The lowest BCUT2D eigenvalue weighted by molar-refractivity contribution is 1.11. The van der Waals surface area contributed by atoms with Gasteiger partial charge in [0.05, 0.1) is 22.2 Å². The van der Waals surface area contributed by atoms with E-state index in [-0.39, 0.29) is 0 Å². The minimum absolute atomic E-state index is 1.03. The molecule has 0 unspecified atom stereocenters. The van der Waals surface area contributed by atoms with E-state index in [0.29, 0.717) is 0 Å². The lowest BCUT2D eigenvalue weighted by Crippen LogP contribution is -1.97. The van der Waals surface area contributed by atoms with Crippen molar-refractivity contribution in [3.63, 3.8) is 0 Å². The van der Waals surface area contributed by atoms with E-state index in [1.807, 2.05) is 12.2 Å². The molecule has 66 heavy (non-hydrogen) atoms. The number of rotatable bonds is 8. The molecule has 2 aromatic heterocycles. The van der Waals surface area contributed by atoms with E-state index in [4.69, 9.17) is 0 Å². The zero-order chi connectivity index (χ0) is 43.9. The van der Waals surface area contributed by atoms with Crippen molar-refractivity contribution < 1.29 is 0 Å². The van der Waals surface area contributed by atoms with Gasteiger partial charge in [-0.2, -0.15) is 0 Å². The lowest BCUT2D eigenvalue weighted by Gasteiger charge is -2.13. The van der Waals surface area contributed by atoms with Gasteiger partial charge in [-0.05, 0) is 144 Å². The van der Waals surface area contributed by atoms with E-state index in [1.54, 1.807) is 0 Å². The van der Waals surface area contributed by atoms with Crippen molar-refractivity contribution in [1.82, 2.24) is 9.13 Å². The monoisotopic (exact) mass is 838 g/mol. The van der Waals surface area contributed by atoms with Gasteiger partial charge in [-0.25, -0.2) is 0 Å². The van der Waals surface area contributed by atoms with E-state index >= 15 is 0 Å². The predicted molar refractivity (Wildman–Crippen MR) is 281 cm³/mol. The van der Waals surface area contributed by atoms with Crippen LogP contribution in [0.25, 0.3) is 134 Å². The fourth-order valence-electron chi connectivity index (χ4n) is 10.8. The molecule has 13 rings (SSSR count). The van der Waals surface area contributed by atoms with Gasteiger partial charge in [0.1, 0.15) is 0 Å². The highest BCUT2D eigenvalue weighted by atomic mass is 15.0. The largest absolute Gasteiger partial charge is 0.309 e. The fraction of sp³-hybridized carbons (Fsp3) is 0. The molecule has 2 heterocycles. The van der Waals surface area contributed by atoms with Crippen molar-refractivity contribution in [1.29, 1.82) is 0 Å². The van der Waals surface area contributed by atoms with E-state index in [2.05, 4.69) is 241 Å². The second kappa shape index (κ2) is 14.9. The van der Waals surface area contributed by atoms with E-state index in [9.17, 15) is 0 Å². The highest BCUT2D eigenvalue weighted by Crippen LogP contribution is 2.51. The van der Waals surface area contributed by atoms with Crippen molar-refractivity contribution in [2.24, 2.45) is 0 Å². The summed E-state index contributed by atoms with van der Waals surface area (Å²) in [6.45, 7) is 8.61. The Bertz CT molecular complexity index is 3950. The molecule has 0 atom stereocenters. The second-order valence-electron chi connectivity index (χ2n) is 17.3. The molecule has 1 aliphatic rings. The third-order valence-electron chi connectivity index (χ3n) is 13.8. The summed E-state index contributed by atoms with van der Waals surface area (Å²) in [4.78, 5) is 0. The average molecular weight is 839 g/mol. The minimum Gasteiger partial charge on any atom is -0.309 e. The normalized spacial score (nSPS) is 11.8. The molecule has 0 saturated carbocycles. The van der Waals surface area contributed by atoms with Crippen LogP contribution >= 0.6 is 0 Å². The summed E-state index contributed by atoms with van der Waals surface area (Å²) < 4.78 is 4.81. The molecule has 308 valence electrons. The van der Waals surface area contributed by atoms with E-state index in [1.165, 1.54) is 88.2 Å². The third kappa shape index (κ3) is 5.75. The Morgan fingerprint density at radius 1 is 0.288 bits per heavy atom. The molecular formula is C64H42N2. The highest BCUT2D eigenvalue weighted by Gasteiger charge is 2.26. The Morgan fingerprint density at radius 3 is 1.42 bits per heavy atom. The number of benzene rings is 10. The summed E-state index contributed by atoms with van der Waals surface area (Å²) in [6, 6.07) is 80.0. The summed E-state index contributed by atoms with van der Waals surface area (Å²) in [5.74, 6) is 0. The van der Waals surface area contributed by atoms with Gasteiger partial charge in [0.2, 0.25) is 0 Å². The first kappa shape index (κ1) is 37.8. The minimum atomic E-state index is 1.03.